The van der Waals surface area contributed by atoms with Crippen LogP contribution in [0.15, 0.2) is 23.1 Å². The van der Waals surface area contributed by atoms with Crippen molar-refractivity contribution in [1.29, 1.82) is 0 Å². The number of hydrogen-bond acceptors (Lipinski definition) is 5. The number of fused-ring (bicyclic) bond motifs is 1. The fourth-order valence-electron chi connectivity index (χ4n) is 1.60. The normalized spacial score (nSPS) is 15.2. The second-order valence-electron chi connectivity index (χ2n) is 3.86. The molecule has 2 rings (SSSR count). The summed E-state index contributed by atoms with van der Waals surface area (Å²) in [4.78, 5) is 12.1. The van der Waals surface area contributed by atoms with Gasteiger partial charge in [0.05, 0.1) is 6.04 Å². The van der Waals surface area contributed by atoms with Gasteiger partial charge in [0, 0.05) is 10.6 Å². The molecule has 1 aliphatic rings. The number of primary amides is 1. The molecule has 0 aromatic heterocycles. The molecular formula is C12H16N2O3S. The highest BCUT2D eigenvalue weighted by Crippen LogP contribution is 2.34. The first-order valence-corrected chi connectivity index (χ1v) is 6.68. The zero-order valence-electron chi connectivity index (χ0n) is 10.1. The van der Waals surface area contributed by atoms with E-state index < -0.39 is 0 Å². The molecule has 1 amide bonds. The topological polar surface area (TPSA) is 73.6 Å². The number of likely N-dealkylation sites (N-methyl/N-ethyl adjacent to an activating group) is 1. The van der Waals surface area contributed by atoms with Crippen LogP contribution in [0.25, 0.3) is 0 Å². The number of rotatable bonds is 5. The second-order valence-corrected chi connectivity index (χ2v) is 4.95. The van der Waals surface area contributed by atoms with Crippen LogP contribution in [0.4, 0.5) is 0 Å². The SMILES string of the molecule is CNC(CSc1ccc2c(c1)OCCO2)C(N)=O. The molecule has 1 unspecified atom stereocenters. The van der Waals surface area contributed by atoms with Crippen LogP contribution in [0.1, 0.15) is 0 Å². The molecule has 0 bridgehead atoms. The molecule has 18 heavy (non-hydrogen) atoms. The summed E-state index contributed by atoms with van der Waals surface area (Å²) in [6, 6.07) is 5.43. The third-order valence-corrected chi connectivity index (χ3v) is 3.71. The van der Waals surface area contributed by atoms with E-state index in [-0.39, 0.29) is 11.9 Å². The third kappa shape index (κ3) is 3.08. The van der Waals surface area contributed by atoms with Gasteiger partial charge in [-0.05, 0) is 25.2 Å². The monoisotopic (exact) mass is 268 g/mol. The van der Waals surface area contributed by atoms with Crippen LogP contribution in [0.2, 0.25) is 0 Å². The van der Waals surface area contributed by atoms with Crippen LogP contribution < -0.4 is 20.5 Å². The predicted octanol–water partition coefficient (Wildman–Crippen LogP) is 0.623. The average molecular weight is 268 g/mol. The van der Waals surface area contributed by atoms with Crippen molar-refractivity contribution in [3.05, 3.63) is 18.2 Å². The Morgan fingerprint density at radius 3 is 2.83 bits per heavy atom. The molecule has 3 N–H and O–H groups in total. The Morgan fingerprint density at radius 2 is 2.17 bits per heavy atom. The van der Waals surface area contributed by atoms with E-state index in [0.717, 1.165) is 16.4 Å². The zero-order chi connectivity index (χ0) is 13.0. The van der Waals surface area contributed by atoms with Crippen molar-refractivity contribution >= 4 is 17.7 Å². The molecular weight excluding hydrogens is 252 g/mol. The Labute approximate surface area is 110 Å². The van der Waals surface area contributed by atoms with Gasteiger partial charge in [-0.1, -0.05) is 0 Å². The summed E-state index contributed by atoms with van der Waals surface area (Å²) in [6.45, 7) is 1.16. The van der Waals surface area contributed by atoms with Gasteiger partial charge in [-0.25, -0.2) is 0 Å². The number of carbonyl (C=O) groups excluding carboxylic acids is 1. The molecule has 1 aromatic carbocycles. The minimum Gasteiger partial charge on any atom is -0.486 e. The van der Waals surface area contributed by atoms with Crippen molar-refractivity contribution in [3.8, 4) is 11.5 Å². The number of amides is 1. The molecule has 1 heterocycles. The number of nitrogens with one attached hydrogen (secondary N) is 1. The van der Waals surface area contributed by atoms with Gasteiger partial charge < -0.3 is 20.5 Å². The summed E-state index contributed by atoms with van der Waals surface area (Å²) in [7, 11) is 1.72. The van der Waals surface area contributed by atoms with Crippen molar-refractivity contribution in [2.75, 3.05) is 26.0 Å². The Morgan fingerprint density at radius 1 is 1.44 bits per heavy atom. The van der Waals surface area contributed by atoms with Gasteiger partial charge in [0.15, 0.2) is 11.5 Å². The minimum atomic E-state index is -0.345. The van der Waals surface area contributed by atoms with Gasteiger partial charge in [0.2, 0.25) is 5.91 Å². The molecule has 98 valence electrons. The van der Waals surface area contributed by atoms with Gasteiger partial charge in [0.25, 0.3) is 0 Å². The second kappa shape index (κ2) is 5.97. The number of ether oxygens (including phenoxy) is 2. The van der Waals surface area contributed by atoms with Gasteiger partial charge >= 0.3 is 0 Å². The van der Waals surface area contributed by atoms with Crippen molar-refractivity contribution < 1.29 is 14.3 Å². The van der Waals surface area contributed by atoms with Crippen molar-refractivity contribution in [2.24, 2.45) is 5.73 Å². The van der Waals surface area contributed by atoms with E-state index in [2.05, 4.69) is 5.32 Å². The van der Waals surface area contributed by atoms with Gasteiger partial charge in [-0.15, -0.1) is 11.8 Å². The predicted molar refractivity (Wildman–Crippen MR) is 70.2 cm³/mol. The molecule has 1 aliphatic heterocycles. The maximum Gasteiger partial charge on any atom is 0.235 e. The molecule has 6 heteroatoms. The molecule has 0 fully saturated rings. The van der Waals surface area contributed by atoms with E-state index >= 15 is 0 Å². The Bertz CT molecular complexity index is 439. The summed E-state index contributed by atoms with van der Waals surface area (Å²) >= 11 is 1.56. The first-order valence-electron chi connectivity index (χ1n) is 5.69. The van der Waals surface area contributed by atoms with E-state index in [9.17, 15) is 4.79 Å². The smallest absolute Gasteiger partial charge is 0.235 e. The molecule has 0 aliphatic carbocycles. The lowest BCUT2D eigenvalue weighted by Gasteiger charge is -2.19. The number of nitrogens with two attached hydrogens (primary N) is 1. The maximum absolute atomic E-state index is 11.1. The first-order chi connectivity index (χ1) is 8.70. The molecule has 0 saturated heterocycles. The summed E-state index contributed by atoms with van der Waals surface area (Å²) in [6.07, 6.45) is 0. The van der Waals surface area contributed by atoms with Crippen LogP contribution >= 0.6 is 11.8 Å². The Balaban J connectivity index is 1.99. The van der Waals surface area contributed by atoms with E-state index in [1.54, 1.807) is 18.8 Å². The van der Waals surface area contributed by atoms with Gasteiger partial charge in [-0.3, -0.25) is 4.79 Å². The number of hydrogen-bond donors (Lipinski definition) is 2. The minimum absolute atomic E-state index is 0.330. The quantitative estimate of drug-likeness (QED) is 0.766. The number of thioether (sulfide) groups is 1. The molecule has 0 radical (unpaired) electrons. The molecule has 1 aromatic rings. The van der Waals surface area contributed by atoms with Crippen LogP contribution in [0.3, 0.4) is 0 Å². The standard InChI is InChI=1S/C12H16N2O3S/c1-14-9(12(13)15)7-18-8-2-3-10-11(6-8)17-5-4-16-10/h2-3,6,9,14H,4-5,7H2,1H3,(H2,13,15). The van der Waals surface area contributed by atoms with Crippen molar-refractivity contribution in [1.82, 2.24) is 5.32 Å². The van der Waals surface area contributed by atoms with Crippen LogP contribution in [-0.2, 0) is 4.79 Å². The fraction of sp³-hybridized carbons (Fsp3) is 0.417. The molecule has 0 spiro atoms. The van der Waals surface area contributed by atoms with Crippen LogP contribution in [0.5, 0.6) is 11.5 Å². The number of carbonyl (C=O) groups is 1. The van der Waals surface area contributed by atoms with Crippen LogP contribution in [0, 0.1) is 0 Å². The fourth-order valence-corrected chi connectivity index (χ4v) is 2.65. The summed E-state index contributed by atoms with van der Waals surface area (Å²) in [5, 5.41) is 2.88. The van der Waals surface area contributed by atoms with Gasteiger partial charge in [0.1, 0.15) is 13.2 Å². The van der Waals surface area contributed by atoms with E-state index in [0.29, 0.717) is 19.0 Å². The lowest BCUT2D eigenvalue weighted by molar-refractivity contribution is -0.119. The Hall–Kier alpha value is -1.40. The van der Waals surface area contributed by atoms with Crippen molar-refractivity contribution in [3.63, 3.8) is 0 Å². The lowest BCUT2D eigenvalue weighted by atomic mass is 10.3. The number of benzene rings is 1. The van der Waals surface area contributed by atoms with E-state index in [1.165, 1.54) is 0 Å². The van der Waals surface area contributed by atoms with Crippen molar-refractivity contribution in [2.45, 2.75) is 10.9 Å². The highest BCUT2D eigenvalue weighted by Gasteiger charge is 2.15. The zero-order valence-corrected chi connectivity index (χ0v) is 11.0. The highest BCUT2D eigenvalue weighted by molar-refractivity contribution is 7.99. The average Bonchev–Trinajstić information content (AvgIpc) is 2.39. The molecule has 5 nitrogen and oxygen atoms in total. The first kappa shape index (κ1) is 13.0. The summed E-state index contributed by atoms with van der Waals surface area (Å²) in [5.41, 5.74) is 5.26. The van der Waals surface area contributed by atoms with Crippen LogP contribution in [-0.4, -0.2) is 38.0 Å². The summed E-state index contributed by atoms with van der Waals surface area (Å²) < 4.78 is 10.9. The largest absolute Gasteiger partial charge is 0.486 e. The molecule has 0 saturated carbocycles. The van der Waals surface area contributed by atoms with E-state index in [1.807, 2.05) is 18.2 Å². The van der Waals surface area contributed by atoms with E-state index in [4.69, 9.17) is 15.2 Å². The van der Waals surface area contributed by atoms with Gasteiger partial charge in [-0.2, -0.15) is 0 Å². The highest BCUT2D eigenvalue weighted by atomic mass is 32.2. The maximum atomic E-state index is 11.1. The third-order valence-electron chi connectivity index (χ3n) is 2.62. The Kier molecular flexibility index (Phi) is 4.33. The summed E-state index contributed by atoms with van der Waals surface area (Å²) in [5.74, 6) is 1.77. The molecule has 1 atom stereocenters. The lowest BCUT2D eigenvalue weighted by Crippen LogP contribution is -2.41.